The maximum absolute atomic E-state index is 11.8. The topological polar surface area (TPSA) is 75.4 Å². The lowest BCUT2D eigenvalue weighted by atomic mass is 10.1. The average Bonchev–Trinajstić information content (AvgIpc) is 1.98. The van der Waals surface area contributed by atoms with E-state index in [9.17, 15) is 8.42 Å². The summed E-state index contributed by atoms with van der Waals surface area (Å²) >= 11 is 4.81. The monoisotopic (exact) mass is 267 g/mol. The normalized spacial score (nSPS) is 15.1. The molecule has 7 heteroatoms. The summed E-state index contributed by atoms with van der Waals surface area (Å²) in [5.74, 6) is -0.142. The van der Waals surface area contributed by atoms with Crippen LogP contribution < -0.4 is 10.5 Å². The van der Waals surface area contributed by atoms with Gasteiger partial charge in [-0.25, -0.2) is 0 Å². The first-order chi connectivity index (χ1) is 6.96. The molecule has 0 aromatic rings. The highest BCUT2D eigenvalue weighted by molar-refractivity contribution is 7.87. The Labute approximate surface area is 104 Å². The number of hydrogen-bond donors (Lipinski definition) is 2. The van der Waals surface area contributed by atoms with E-state index in [1.807, 2.05) is 0 Å². The predicted molar refractivity (Wildman–Crippen MR) is 70.4 cm³/mol. The minimum Gasteiger partial charge on any atom is -0.393 e. The van der Waals surface area contributed by atoms with Crippen LogP contribution in [0.25, 0.3) is 0 Å². The van der Waals surface area contributed by atoms with Crippen LogP contribution in [0.2, 0.25) is 0 Å². The standard InChI is InChI=1S/C9H21N3O2S2/c1-7(8(10)15)6-12(5)16(13,14)11-9(2,3)4/h7,11H,6H2,1-5H3,(H2,10,15). The molecule has 0 fully saturated rings. The van der Waals surface area contributed by atoms with Crippen LogP contribution in [0.5, 0.6) is 0 Å². The van der Waals surface area contributed by atoms with E-state index in [-0.39, 0.29) is 12.5 Å². The Balaban J connectivity index is 4.60. The Kier molecular flexibility index (Phi) is 5.31. The van der Waals surface area contributed by atoms with Crippen molar-refractivity contribution in [3.8, 4) is 0 Å². The van der Waals surface area contributed by atoms with Crippen LogP contribution in [0.1, 0.15) is 27.7 Å². The van der Waals surface area contributed by atoms with Crippen LogP contribution in [-0.4, -0.2) is 36.8 Å². The number of nitrogens with zero attached hydrogens (tertiary/aromatic N) is 1. The molecule has 0 saturated carbocycles. The molecule has 0 aromatic carbocycles. The Bertz CT molecular complexity index is 346. The van der Waals surface area contributed by atoms with Crippen LogP contribution in [0.3, 0.4) is 0 Å². The first-order valence-electron chi connectivity index (χ1n) is 5.00. The van der Waals surface area contributed by atoms with E-state index in [0.29, 0.717) is 4.99 Å². The lowest BCUT2D eigenvalue weighted by molar-refractivity contribution is 0.409. The third-order valence-corrected chi connectivity index (χ3v) is 4.10. The van der Waals surface area contributed by atoms with Gasteiger partial charge in [0.25, 0.3) is 10.2 Å². The van der Waals surface area contributed by atoms with Gasteiger partial charge in [-0.05, 0) is 20.8 Å². The molecule has 0 spiro atoms. The predicted octanol–water partition coefficient (Wildman–Crippen LogP) is 0.473. The van der Waals surface area contributed by atoms with Crippen molar-refractivity contribution in [2.75, 3.05) is 13.6 Å². The molecule has 5 nitrogen and oxygen atoms in total. The van der Waals surface area contributed by atoms with Crippen LogP contribution in [-0.2, 0) is 10.2 Å². The first-order valence-corrected chi connectivity index (χ1v) is 6.85. The Hall–Kier alpha value is -0.240. The minimum atomic E-state index is -3.48. The van der Waals surface area contributed by atoms with Gasteiger partial charge in [-0.1, -0.05) is 19.1 Å². The molecule has 0 aliphatic heterocycles. The molecular weight excluding hydrogens is 246 g/mol. The number of nitrogens with two attached hydrogens (primary N) is 1. The van der Waals surface area contributed by atoms with E-state index in [0.717, 1.165) is 0 Å². The molecule has 1 atom stereocenters. The highest BCUT2D eigenvalue weighted by Gasteiger charge is 2.25. The molecule has 0 amide bonds. The van der Waals surface area contributed by atoms with E-state index < -0.39 is 15.7 Å². The van der Waals surface area contributed by atoms with Gasteiger partial charge in [-0.2, -0.15) is 17.4 Å². The van der Waals surface area contributed by atoms with E-state index in [1.165, 1.54) is 11.4 Å². The maximum Gasteiger partial charge on any atom is 0.279 e. The number of rotatable bonds is 5. The van der Waals surface area contributed by atoms with Gasteiger partial charge in [-0.15, -0.1) is 0 Å². The van der Waals surface area contributed by atoms with Crippen LogP contribution >= 0.6 is 12.2 Å². The highest BCUT2D eigenvalue weighted by Crippen LogP contribution is 2.07. The third kappa shape index (κ3) is 5.74. The molecule has 0 aliphatic carbocycles. The zero-order valence-corrected chi connectivity index (χ0v) is 12.1. The van der Waals surface area contributed by atoms with Gasteiger partial charge in [0, 0.05) is 25.0 Å². The van der Waals surface area contributed by atoms with Crippen molar-refractivity contribution in [3.63, 3.8) is 0 Å². The summed E-state index contributed by atoms with van der Waals surface area (Å²) in [7, 11) is -1.98. The number of nitrogens with one attached hydrogen (secondary N) is 1. The molecule has 0 rings (SSSR count). The molecule has 0 heterocycles. The quantitative estimate of drug-likeness (QED) is 0.710. The molecule has 1 unspecified atom stereocenters. The largest absolute Gasteiger partial charge is 0.393 e. The zero-order chi connectivity index (χ0) is 13.1. The van der Waals surface area contributed by atoms with E-state index >= 15 is 0 Å². The molecule has 0 saturated heterocycles. The summed E-state index contributed by atoms with van der Waals surface area (Å²) in [6, 6.07) is 0. The summed E-state index contributed by atoms with van der Waals surface area (Å²) in [5.41, 5.74) is 4.94. The second-order valence-corrected chi connectivity index (χ2v) is 7.19. The van der Waals surface area contributed by atoms with Crippen molar-refractivity contribution in [2.45, 2.75) is 33.2 Å². The van der Waals surface area contributed by atoms with Gasteiger partial charge < -0.3 is 5.73 Å². The van der Waals surface area contributed by atoms with E-state index in [2.05, 4.69) is 4.72 Å². The number of thiocarbonyl (C=S) groups is 1. The van der Waals surface area contributed by atoms with Gasteiger partial charge in [0.2, 0.25) is 0 Å². The van der Waals surface area contributed by atoms with Gasteiger partial charge >= 0.3 is 0 Å². The lowest BCUT2D eigenvalue weighted by Gasteiger charge is -2.26. The Morgan fingerprint density at radius 1 is 1.50 bits per heavy atom. The van der Waals surface area contributed by atoms with Gasteiger partial charge in [0.1, 0.15) is 0 Å². The lowest BCUT2D eigenvalue weighted by Crippen LogP contribution is -2.49. The molecule has 0 aromatic heterocycles. The average molecular weight is 267 g/mol. The Morgan fingerprint density at radius 2 is 1.94 bits per heavy atom. The second kappa shape index (κ2) is 5.39. The fraction of sp³-hybridized carbons (Fsp3) is 0.889. The molecule has 0 aliphatic rings. The minimum absolute atomic E-state index is 0.142. The Morgan fingerprint density at radius 3 is 2.25 bits per heavy atom. The summed E-state index contributed by atoms with van der Waals surface area (Å²) in [4.78, 5) is 0.317. The van der Waals surface area contributed by atoms with Crippen LogP contribution in [0, 0.1) is 5.92 Å². The maximum atomic E-state index is 11.8. The smallest absolute Gasteiger partial charge is 0.279 e. The zero-order valence-electron chi connectivity index (χ0n) is 10.4. The van der Waals surface area contributed by atoms with Gasteiger partial charge in [0.15, 0.2) is 0 Å². The molecule has 3 N–H and O–H groups in total. The van der Waals surface area contributed by atoms with Crippen LogP contribution in [0.4, 0.5) is 0 Å². The van der Waals surface area contributed by atoms with E-state index in [1.54, 1.807) is 27.7 Å². The second-order valence-electron chi connectivity index (χ2n) is 4.94. The van der Waals surface area contributed by atoms with Crippen molar-refractivity contribution >= 4 is 27.4 Å². The molecule has 0 radical (unpaired) electrons. The molecule has 16 heavy (non-hydrogen) atoms. The van der Waals surface area contributed by atoms with Crippen molar-refractivity contribution in [3.05, 3.63) is 0 Å². The van der Waals surface area contributed by atoms with Gasteiger partial charge in [-0.3, -0.25) is 0 Å². The fourth-order valence-electron chi connectivity index (χ4n) is 1.04. The first kappa shape index (κ1) is 15.8. The van der Waals surface area contributed by atoms with E-state index in [4.69, 9.17) is 18.0 Å². The van der Waals surface area contributed by atoms with Crippen molar-refractivity contribution in [1.29, 1.82) is 0 Å². The molecule has 96 valence electrons. The summed E-state index contributed by atoms with van der Waals surface area (Å²) in [6.07, 6.45) is 0. The van der Waals surface area contributed by atoms with Crippen LogP contribution in [0.15, 0.2) is 0 Å². The summed E-state index contributed by atoms with van der Waals surface area (Å²) < 4.78 is 27.4. The third-order valence-electron chi connectivity index (χ3n) is 1.86. The summed E-state index contributed by atoms with van der Waals surface area (Å²) in [5, 5.41) is 0. The van der Waals surface area contributed by atoms with Crippen molar-refractivity contribution < 1.29 is 8.42 Å². The van der Waals surface area contributed by atoms with Gasteiger partial charge in [0.05, 0.1) is 4.99 Å². The SMILES string of the molecule is CC(CN(C)S(=O)(=O)NC(C)(C)C)C(N)=S. The summed E-state index contributed by atoms with van der Waals surface area (Å²) in [6.45, 7) is 7.44. The molecule has 0 bridgehead atoms. The fourth-order valence-corrected chi connectivity index (χ4v) is 2.46. The highest BCUT2D eigenvalue weighted by atomic mass is 32.2. The number of hydrogen-bond acceptors (Lipinski definition) is 3. The van der Waals surface area contributed by atoms with Crippen molar-refractivity contribution in [2.24, 2.45) is 11.7 Å². The molecular formula is C9H21N3O2S2. The van der Waals surface area contributed by atoms with Crippen molar-refractivity contribution in [1.82, 2.24) is 9.03 Å².